The molecular weight excluding hydrogens is 326 g/mol. The van der Waals surface area contributed by atoms with E-state index in [1.165, 1.54) is 12.1 Å². The molecule has 1 aromatic rings. The number of aliphatic hydroxyl groups excluding tert-OH is 1. The van der Waals surface area contributed by atoms with E-state index in [0.29, 0.717) is 5.56 Å². The maximum absolute atomic E-state index is 12.0. The molecule has 9 heteroatoms. The number of amides is 1. The number of rotatable bonds is 8. The second kappa shape index (κ2) is 8.61. The summed E-state index contributed by atoms with van der Waals surface area (Å²) in [7, 11) is -4.30. The minimum Gasteiger partial charge on any atom is -0.464 e. The number of nitrogens with one attached hydrogen (secondary N) is 1. The van der Waals surface area contributed by atoms with Crippen LogP contribution in [0.2, 0.25) is 0 Å². The van der Waals surface area contributed by atoms with Crippen LogP contribution in [0.4, 0.5) is 0 Å². The third-order valence-corrected chi connectivity index (χ3v) is 3.67. The summed E-state index contributed by atoms with van der Waals surface area (Å²) in [5.41, 5.74) is 0.322. The normalized spacial score (nSPS) is 13.9. The lowest BCUT2D eigenvalue weighted by Crippen LogP contribution is -2.44. The van der Waals surface area contributed by atoms with Crippen LogP contribution in [0.15, 0.2) is 30.3 Å². The van der Waals surface area contributed by atoms with Crippen molar-refractivity contribution in [3.8, 4) is 0 Å². The Kier molecular flexibility index (Phi) is 7.14. The predicted molar refractivity (Wildman–Crippen MR) is 81.0 cm³/mol. The van der Waals surface area contributed by atoms with Crippen molar-refractivity contribution in [2.75, 3.05) is 12.4 Å². The van der Waals surface area contributed by atoms with Crippen molar-refractivity contribution in [2.24, 2.45) is 0 Å². The summed E-state index contributed by atoms with van der Waals surface area (Å²) in [6, 6.07) is 6.74. The molecule has 3 N–H and O–H groups in total. The number of carbonyl (C=O) groups excluding carboxylic acids is 2. The van der Waals surface area contributed by atoms with Gasteiger partial charge in [0.1, 0.15) is 6.04 Å². The number of aliphatic hydroxyl groups is 1. The Bertz CT molecular complexity index is 630. The van der Waals surface area contributed by atoms with Crippen LogP contribution in [0.1, 0.15) is 25.0 Å². The molecule has 0 aliphatic carbocycles. The highest BCUT2D eigenvalue weighted by Gasteiger charge is 2.27. The van der Waals surface area contributed by atoms with Crippen LogP contribution in [0, 0.1) is 0 Å². The summed E-state index contributed by atoms with van der Waals surface area (Å²) in [6.45, 7) is 1.59. The van der Waals surface area contributed by atoms with Crippen molar-refractivity contribution >= 4 is 22.0 Å². The molecule has 0 aliphatic heterocycles. The minimum absolute atomic E-state index is 0.0400. The lowest BCUT2D eigenvalue weighted by molar-refractivity contribution is -0.148. The molecule has 1 rings (SSSR count). The van der Waals surface area contributed by atoms with Crippen molar-refractivity contribution in [1.82, 2.24) is 5.32 Å². The number of ether oxygens (including phenoxy) is 1. The molecular formula is C14H19NO7S. The summed E-state index contributed by atoms with van der Waals surface area (Å²) in [5.74, 6) is -2.44. The Hall–Kier alpha value is -1.97. The summed E-state index contributed by atoms with van der Waals surface area (Å²) in [6.07, 6.45) is -1.89. The Morgan fingerprint density at radius 3 is 2.39 bits per heavy atom. The van der Waals surface area contributed by atoms with Gasteiger partial charge in [-0.3, -0.25) is 9.35 Å². The second-order valence-corrected chi connectivity index (χ2v) is 6.27. The van der Waals surface area contributed by atoms with Crippen LogP contribution in [0.25, 0.3) is 0 Å². The average molecular weight is 345 g/mol. The molecule has 0 aliphatic rings. The van der Waals surface area contributed by atoms with E-state index in [1.807, 2.05) is 0 Å². The molecule has 1 unspecified atom stereocenters. The van der Waals surface area contributed by atoms with Gasteiger partial charge in [0, 0.05) is 0 Å². The quantitative estimate of drug-likeness (QED) is 0.448. The zero-order valence-corrected chi connectivity index (χ0v) is 13.3. The van der Waals surface area contributed by atoms with Crippen molar-refractivity contribution in [1.29, 1.82) is 0 Å². The Morgan fingerprint density at radius 1 is 1.26 bits per heavy atom. The van der Waals surface area contributed by atoms with Gasteiger partial charge in [0.05, 0.1) is 12.4 Å². The number of hydrogen-bond donors (Lipinski definition) is 3. The first-order chi connectivity index (χ1) is 10.7. The zero-order valence-electron chi connectivity index (χ0n) is 12.5. The standard InChI is InChI=1S/C14H19NO7S/c1-2-22-14(18)11(8-9-23(19,20)21)15-13(17)12(16)10-6-4-3-5-7-10/h3-7,11-12,16H,2,8-9H2,1H3,(H,15,17)(H,19,20,21)/t11-,12?/m0/s1. The van der Waals surface area contributed by atoms with E-state index in [0.717, 1.165) is 0 Å². The summed E-state index contributed by atoms with van der Waals surface area (Å²) < 4.78 is 35.1. The van der Waals surface area contributed by atoms with Gasteiger partial charge < -0.3 is 15.2 Å². The third-order valence-electron chi connectivity index (χ3n) is 2.92. The lowest BCUT2D eigenvalue weighted by Gasteiger charge is -2.19. The van der Waals surface area contributed by atoms with E-state index in [2.05, 4.69) is 5.32 Å². The fourth-order valence-electron chi connectivity index (χ4n) is 1.80. The molecule has 1 amide bonds. The van der Waals surface area contributed by atoms with Crippen LogP contribution < -0.4 is 5.32 Å². The second-order valence-electron chi connectivity index (χ2n) is 4.70. The van der Waals surface area contributed by atoms with Crippen LogP contribution in [-0.4, -0.2) is 48.4 Å². The zero-order chi connectivity index (χ0) is 17.5. The molecule has 128 valence electrons. The monoisotopic (exact) mass is 345 g/mol. The van der Waals surface area contributed by atoms with E-state index in [1.54, 1.807) is 25.1 Å². The predicted octanol–water partition coefficient (Wildman–Crippen LogP) is 0.0458. The number of benzene rings is 1. The van der Waals surface area contributed by atoms with Gasteiger partial charge in [0.2, 0.25) is 0 Å². The first-order valence-corrected chi connectivity index (χ1v) is 8.50. The van der Waals surface area contributed by atoms with Gasteiger partial charge in [-0.2, -0.15) is 8.42 Å². The molecule has 0 bridgehead atoms. The van der Waals surface area contributed by atoms with Gasteiger partial charge in [-0.1, -0.05) is 30.3 Å². The van der Waals surface area contributed by atoms with Gasteiger partial charge in [-0.25, -0.2) is 4.79 Å². The number of hydrogen-bond acceptors (Lipinski definition) is 6. The largest absolute Gasteiger partial charge is 0.464 e. The smallest absolute Gasteiger partial charge is 0.328 e. The van der Waals surface area contributed by atoms with E-state index in [-0.39, 0.29) is 13.0 Å². The fourth-order valence-corrected chi connectivity index (χ4v) is 2.33. The molecule has 0 radical (unpaired) electrons. The summed E-state index contributed by atoms with van der Waals surface area (Å²) in [5, 5.41) is 12.2. The SMILES string of the molecule is CCOC(=O)[C@H](CCS(=O)(=O)O)NC(=O)C(O)c1ccccc1. The van der Waals surface area contributed by atoms with Crippen molar-refractivity contribution < 1.29 is 32.4 Å². The summed E-state index contributed by atoms with van der Waals surface area (Å²) in [4.78, 5) is 23.8. The molecule has 0 heterocycles. The minimum atomic E-state index is -4.30. The Labute approximate surface area is 134 Å². The number of carbonyl (C=O) groups is 2. The molecule has 0 saturated carbocycles. The van der Waals surface area contributed by atoms with Gasteiger partial charge in [0.15, 0.2) is 6.10 Å². The topological polar surface area (TPSA) is 130 Å². The molecule has 23 heavy (non-hydrogen) atoms. The van der Waals surface area contributed by atoms with E-state index in [9.17, 15) is 23.1 Å². The molecule has 0 aromatic heterocycles. The van der Waals surface area contributed by atoms with Gasteiger partial charge in [-0.05, 0) is 18.9 Å². The van der Waals surface area contributed by atoms with E-state index >= 15 is 0 Å². The van der Waals surface area contributed by atoms with Crippen molar-refractivity contribution in [2.45, 2.75) is 25.5 Å². The van der Waals surface area contributed by atoms with Crippen LogP contribution in [-0.2, 0) is 24.4 Å². The van der Waals surface area contributed by atoms with E-state index < -0.39 is 39.9 Å². The first-order valence-electron chi connectivity index (χ1n) is 6.89. The Morgan fingerprint density at radius 2 is 1.87 bits per heavy atom. The van der Waals surface area contributed by atoms with E-state index in [4.69, 9.17) is 9.29 Å². The molecule has 0 spiro atoms. The Balaban J connectivity index is 2.78. The molecule has 2 atom stereocenters. The molecule has 0 saturated heterocycles. The first kappa shape index (κ1) is 19.1. The third kappa shape index (κ3) is 6.76. The summed E-state index contributed by atoms with van der Waals surface area (Å²) >= 11 is 0. The van der Waals surface area contributed by atoms with Crippen LogP contribution >= 0.6 is 0 Å². The maximum Gasteiger partial charge on any atom is 0.328 e. The van der Waals surface area contributed by atoms with Crippen molar-refractivity contribution in [3.63, 3.8) is 0 Å². The fraction of sp³-hybridized carbons (Fsp3) is 0.429. The van der Waals surface area contributed by atoms with Gasteiger partial charge in [0.25, 0.3) is 16.0 Å². The van der Waals surface area contributed by atoms with Crippen LogP contribution in [0.5, 0.6) is 0 Å². The molecule has 0 fully saturated rings. The average Bonchev–Trinajstić information content (AvgIpc) is 2.50. The molecule has 8 nitrogen and oxygen atoms in total. The molecule has 1 aromatic carbocycles. The number of esters is 1. The van der Waals surface area contributed by atoms with Gasteiger partial charge in [-0.15, -0.1) is 0 Å². The lowest BCUT2D eigenvalue weighted by atomic mass is 10.1. The van der Waals surface area contributed by atoms with Crippen LogP contribution in [0.3, 0.4) is 0 Å². The highest BCUT2D eigenvalue weighted by Crippen LogP contribution is 2.13. The maximum atomic E-state index is 12.0. The highest BCUT2D eigenvalue weighted by molar-refractivity contribution is 7.85. The van der Waals surface area contributed by atoms with Crippen molar-refractivity contribution in [3.05, 3.63) is 35.9 Å². The highest BCUT2D eigenvalue weighted by atomic mass is 32.2. The van der Waals surface area contributed by atoms with Gasteiger partial charge >= 0.3 is 5.97 Å².